The third kappa shape index (κ3) is 4.27. The van der Waals surface area contributed by atoms with Gasteiger partial charge in [0, 0.05) is 32.1 Å². The van der Waals surface area contributed by atoms with Gasteiger partial charge >= 0.3 is 0 Å². The predicted octanol–water partition coefficient (Wildman–Crippen LogP) is 2.05. The maximum Gasteiger partial charge on any atom is 0.274 e. The zero-order valence-electron chi connectivity index (χ0n) is 17.3. The highest BCUT2D eigenvalue weighted by molar-refractivity contribution is 6.04. The van der Waals surface area contributed by atoms with Gasteiger partial charge in [0.2, 0.25) is 0 Å². The third-order valence-corrected chi connectivity index (χ3v) is 5.50. The lowest BCUT2D eigenvalue weighted by atomic mass is 10.0. The molecule has 0 radical (unpaired) electrons. The smallest absolute Gasteiger partial charge is 0.274 e. The number of aryl methyl sites for hydroxylation is 2. The van der Waals surface area contributed by atoms with Crippen molar-refractivity contribution >= 4 is 16.7 Å². The number of nitrogens with one attached hydrogen (secondary N) is 1. The van der Waals surface area contributed by atoms with Gasteiger partial charge in [0.1, 0.15) is 0 Å². The molecule has 1 aliphatic heterocycles. The van der Waals surface area contributed by atoms with E-state index in [2.05, 4.69) is 15.3 Å². The quantitative estimate of drug-likeness (QED) is 0.702. The summed E-state index contributed by atoms with van der Waals surface area (Å²) in [5.74, 6) is -0.291. The van der Waals surface area contributed by atoms with E-state index in [0.29, 0.717) is 30.5 Å². The molecule has 2 heterocycles. The van der Waals surface area contributed by atoms with Crippen molar-refractivity contribution in [3.63, 3.8) is 0 Å². The van der Waals surface area contributed by atoms with Crippen molar-refractivity contribution in [1.29, 1.82) is 0 Å². The minimum Gasteiger partial charge on any atom is -0.379 e. The largest absolute Gasteiger partial charge is 0.379 e. The summed E-state index contributed by atoms with van der Waals surface area (Å²) in [4.78, 5) is 28.0. The average Bonchev–Trinajstić information content (AvgIpc) is 2.77. The van der Waals surface area contributed by atoms with Gasteiger partial charge in [-0.1, -0.05) is 48.0 Å². The van der Waals surface area contributed by atoms with E-state index in [9.17, 15) is 9.59 Å². The molecule has 0 saturated carbocycles. The number of carbonyl (C=O) groups excluding carboxylic acids is 1. The van der Waals surface area contributed by atoms with Crippen LogP contribution in [0.2, 0.25) is 0 Å². The van der Waals surface area contributed by atoms with Gasteiger partial charge in [-0.15, -0.1) is 0 Å². The fraction of sp³-hybridized carbons (Fsp3) is 0.348. The van der Waals surface area contributed by atoms with Crippen LogP contribution in [0.25, 0.3) is 10.8 Å². The van der Waals surface area contributed by atoms with Crippen LogP contribution >= 0.6 is 0 Å². The summed E-state index contributed by atoms with van der Waals surface area (Å²) in [6, 6.07) is 15.1. The zero-order chi connectivity index (χ0) is 21.1. The highest BCUT2D eigenvalue weighted by Gasteiger charge is 2.23. The molecule has 1 aliphatic rings. The molecule has 1 amide bonds. The fourth-order valence-corrected chi connectivity index (χ4v) is 3.77. The maximum absolute atomic E-state index is 13.3. The normalized spacial score (nSPS) is 15.8. The number of aromatic nitrogens is 2. The van der Waals surface area contributed by atoms with Crippen LogP contribution in [0.1, 0.15) is 27.7 Å². The van der Waals surface area contributed by atoms with Gasteiger partial charge in [0.15, 0.2) is 5.69 Å². The number of amides is 1. The lowest BCUT2D eigenvalue weighted by molar-refractivity contribution is 0.0332. The Balaban J connectivity index is 1.66. The van der Waals surface area contributed by atoms with Crippen LogP contribution in [0.5, 0.6) is 0 Å². The third-order valence-electron chi connectivity index (χ3n) is 5.50. The van der Waals surface area contributed by atoms with Crippen LogP contribution in [0.15, 0.2) is 53.3 Å². The lowest BCUT2D eigenvalue weighted by Gasteiger charge is -2.31. The Morgan fingerprint density at radius 1 is 1.10 bits per heavy atom. The van der Waals surface area contributed by atoms with E-state index in [0.717, 1.165) is 18.7 Å². The van der Waals surface area contributed by atoms with Crippen molar-refractivity contribution in [3.05, 3.63) is 75.7 Å². The standard InChI is InChI=1S/C23H26N4O3/c1-16-7-9-17(10-8-16)20(15-27-11-13-30-14-12-27)24-22(28)21-18-5-3-4-6-19(18)23(29)26(2)25-21/h3-10,20H,11-15H2,1-2H3,(H,24,28)/t20-/m0/s1. The summed E-state index contributed by atoms with van der Waals surface area (Å²) in [6.45, 7) is 5.78. The van der Waals surface area contributed by atoms with Crippen LogP contribution < -0.4 is 10.9 Å². The minimum absolute atomic E-state index is 0.200. The number of nitrogens with zero attached hydrogens (tertiary/aromatic N) is 3. The number of ether oxygens (including phenoxy) is 1. The van der Waals surface area contributed by atoms with E-state index >= 15 is 0 Å². The summed E-state index contributed by atoms with van der Waals surface area (Å²) < 4.78 is 6.68. The molecule has 3 aromatic rings. The molecular formula is C23H26N4O3. The predicted molar refractivity (Wildman–Crippen MR) is 116 cm³/mol. The number of benzene rings is 2. The SMILES string of the molecule is Cc1ccc([C@H](CN2CCOCC2)NC(=O)c2nn(C)c(=O)c3ccccc23)cc1. The number of carbonyl (C=O) groups is 1. The average molecular weight is 406 g/mol. The van der Waals surface area contributed by atoms with E-state index < -0.39 is 0 Å². The van der Waals surface area contributed by atoms with Gasteiger partial charge in [0.05, 0.1) is 24.6 Å². The van der Waals surface area contributed by atoms with Crippen LogP contribution in [-0.2, 0) is 11.8 Å². The minimum atomic E-state index is -0.291. The fourth-order valence-electron chi connectivity index (χ4n) is 3.77. The van der Waals surface area contributed by atoms with Gasteiger partial charge in [-0.25, -0.2) is 4.68 Å². The molecule has 0 unspecified atom stereocenters. The van der Waals surface area contributed by atoms with E-state index in [4.69, 9.17) is 4.74 Å². The summed E-state index contributed by atoms with van der Waals surface area (Å²) in [6.07, 6.45) is 0. The van der Waals surface area contributed by atoms with Crippen LogP contribution in [0.3, 0.4) is 0 Å². The van der Waals surface area contributed by atoms with E-state index in [1.807, 2.05) is 37.3 Å². The molecule has 1 fully saturated rings. The van der Waals surface area contributed by atoms with Gasteiger partial charge in [0.25, 0.3) is 11.5 Å². The molecule has 1 aromatic heterocycles. The van der Waals surface area contributed by atoms with Crippen molar-refractivity contribution in [2.45, 2.75) is 13.0 Å². The first-order valence-corrected chi connectivity index (χ1v) is 10.2. The Bertz CT molecular complexity index is 1100. The molecular weight excluding hydrogens is 380 g/mol. The molecule has 30 heavy (non-hydrogen) atoms. The zero-order valence-corrected chi connectivity index (χ0v) is 17.3. The van der Waals surface area contributed by atoms with Crippen LogP contribution in [0.4, 0.5) is 0 Å². The molecule has 4 rings (SSSR count). The second-order valence-corrected chi connectivity index (χ2v) is 7.67. The Labute approximate surface area is 175 Å². The second-order valence-electron chi connectivity index (χ2n) is 7.67. The molecule has 7 nitrogen and oxygen atoms in total. The Kier molecular flexibility index (Phi) is 5.92. The van der Waals surface area contributed by atoms with E-state index in [-0.39, 0.29) is 23.2 Å². The maximum atomic E-state index is 13.3. The van der Waals surface area contributed by atoms with Gasteiger partial charge < -0.3 is 10.1 Å². The molecule has 0 spiro atoms. The van der Waals surface area contributed by atoms with Gasteiger partial charge in [-0.3, -0.25) is 14.5 Å². The summed E-state index contributed by atoms with van der Waals surface area (Å²) in [5.41, 5.74) is 2.24. The van der Waals surface area contributed by atoms with Gasteiger partial charge in [-0.05, 0) is 18.6 Å². The van der Waals surface area contributed by atoms with Gasteiger partial charge in [-0.2, -0.15) is 5.10 Å². The number of rotatable bonds is 5. The van der Waals surface area contributed by atoms with E-state index in [1.165, 1.54) is 10.2 Å². The van der Waals surface area contributed by atoms with Crippen molar-refractivity contribution in [2.24, 2.45) is 7.05 Å². The number of hydrogen-bond donors (Lipinski definition) is 1. The van der Waals surface area contributed by atoms with E-state index in [1.54, 1.807) is 25.2 Å². The van der Waals surface area contributed by atoms with Crippen molar-refractivity contribution in [3.8, 4) is 0 Å². The summed E-state index contributed by atoms with van der Waals surface area (Å²) >= 11 is 0. The first kappa shape index (κ1) is 20.3. The molecule has 0 bridgehead atoms. The van der Waals surface area contributed by atoms with Crippen molar-refractivity contribution in [2.75, 3.05) is 32.8 Å². The van der Waals surface area contributed by atoms with Crippen LogP contribution in [-0.4, -0.2) is 53.4 Å². The number of morpholine rings is 1. The Morgan fingerprint density at radius 2 is 1.77 bits per heavy atom. The first-order valence-electron chi connectivity index (χ1n) is 10.2. The number of hydrogen-bond acceptors (Lipinski definition) is 5. The first-order chi connectivity index (χ1) is 14.5. The molecule has 1 atom stereocenters. The lowest BCUT2D eigenvalue weighted by Crippen LogP contribution is -2.43. The topological polar surface area (TPSA) is 76.5 Å². The second kappa shape index (κ2) is 8.77. The number of fused-ring (bicyclic) bond motifs is 1. The van der Waals surface area contributed by atoms with Crippen molar-refractivity contribution < 1.29 is 9.53 Å². The molecule has 156 valence electrons. The highest BCUT2D eigenvalue weighted by atomic mass is 16.5. The Hall–Kier alpha value is -3.03. The summed E-state index contributed by atoms with van der Waals surface area (Å²) in [5, 5.41) is 8.47. The molecule has 1 saturated heterocycles. The summed E-state index contributed by atoms with van der Waals surface area (Å²) in [7, 11) is 1.57. The molecule has 2 aromatic carbocycles. The Morgan fingerprint density at radius 3 is 2.47 bits per heavy atom. The monoisotopic (exact) mass is 406 g/mol. The highest BCUT2D eigenvalue weighted by Crippen LogP contribution is 2.19. The molecule has 1 N–H and O–H groups in total. The molecule has 0 aliphatic carbocycles. The van der Waals surface area contributed by atoms with Crippen molar-refractivity contribution in [1.82, 2.24) is 20.0 Å². The molecule has 7 heteroatoms. The van der Waals surface area contributed by atoms with Crippen LogP contribution in [0, 0.1) is 6.92 Å².